The van der Waals surface area contributed by atoms with Gasteiger partial charge in [0.05, 0.1) is 0 Å². The van der Waals surface area contributed by atoms with Crippen molar-refractivity contribution in [2.24, 2.45) is 0 Å². The molecule has 0 aromatic heterocycles. The molecule has 0 aromatic carbocycles. The van der Waals surface area contributed by atoms with Crippen LogP contribution in [0, 0.1) is 0 Å². The molecule has 16 heavy (non-hydrogen) atoms. The standard InChI is InChI=1S/C12H25NO3/c1-5-8-13(10(3)4)9-7-11(12(14)15)16-6-2/h10-11H,5-9H2,1-4H3,(H,14,15). The fraction of sp³-hybridized carbons (Fsp3) is 0.917. The van der Waals surface area contributed by atoms with Crippen LogP contribution < -0.4 is 0 Å². The van der Waals surface area contributed by atoms with E-state index in [1.165, 1.54) is 0 Å². The second kappa shape index (κ2) is 8.53. The Morgan fingerprint density at radius 2 is 1.94 bits per heavy atom. The molecule has 0 amide bonds. The molecule has 0 aliphatic heterocycles. The number of carboxylic acid groups (broad SMARTS) is 1. The highest BCUT2D eigenvalue weighted by molar-refractivity contribution is 5.72. The Bertz CT molecular complexity index is 195. The van der Waals surface area contributed by atoms with Crippen LogP contribution in [0.1, 0.15) is 40.5 Å². The zero-order valence-corrected chi connectivity index (χ0v) is 10.9. The fourth-order valence-corrected chi connectivity index (χ4v) is 1.68. The molecule has 0 aromatic rings. The van der Waals surface area contributed by atoms with Crippen LogP contribution >= 0.6 is 0 Å². The van der Waals surface area contributed by atoms with E-state index in [-0.39, 0.29) is 0 Å². The van der Waals surface area contributed by atoms with Gasteiger partial charge in [-0.25, -0.2) is 4.79 Å². The van der Waals surface area contributed by atoms with Crippen LogP contribution in [0.5, 0.6) is 0 Å². The minimum atomic E-state index is -0.859. The summed E-state index contributed by atoms with van der Waals surface area (Å²) in [5.74, 6) is -0.859. The van der Waals surface area contributed by atoms with Crippen LogP contribution in [-0.2, 0) is 9.53 Å². The molecule has 0 aliphatic rings. The van der Waals surface area contributed by atoms with Crippen molar-refractivity contribution in [2.75, 3.05) is 19.7 Å². The molecule has 0 bridgehead atoms. The molecule has 4 heteroatoms. The van der Waals surface area contributed by atoms with Crippen LogP contribution in [0.15, 0.2) is 0 Å². The van der Waals surface area contributed by atoms with E-state index in [4.69, 9.17) is 9.84 Å². The fourth-order valence-electron chi connectivity index (χ4n) is 1.68. The summed E-state index contributed by atoms with van der Waals surface area (Å²) in [6, 6.07) is 0.455. The van der Waals surface area contributed by atoms with Crippen LogP contribution in [0.4, 0.5) is 0 Å². The van der Waals surface area contributed by atoms with E-state index < -0.39 is 12.1 Å². The average Bonchev–Trinajstić information content (AvgIpc) is 2.21. The van der Waals surface area contributed by atoms with Gasteiger partial charge in [0, 0.05) is 19.2 Å². The van der Waals surface area contributed by atoms with Gasteiger partial charge in [-0.3, -0.25) is 0 Å². The van der Waals surface area contributed by atoms with E-state index in [1.54, 1.807) is 0 Å². The van der Waals surface area contributed by atoms with Crippen molar-refractivity contribution in [3.05, 3.63) is 0 Å². The van der Waals surface area contributed by atoms with Gasteiger partial charge in [0.2, 0.25) is 0 Å². The average molecular weight is 231 g/mol. The molecule has 0 aliphatic carbocycles. The van der Waals surface area contributed by atoms with Crippen molar-refractivity contribution in [3.63, 3.8) is 0 Å². The third-order valence-corrected chi connectivity index (χ3v) is 2.56. The molecule has 1 N–H and O–H groups in total. The highest BCUT2D eigenvalue weighted by Gasteiger charge is 2.19. The summed E-state index contributed by atoms with van der Waals surface area (Å²) < 4.78 is 5.19. The Hall–Kier alpha value is -0.610. The molecule has 0 saturated carbocycles. The normalized spacial score (nSPS) is 13.4. The lowest BCUT2D eigenvalue weighted by atomic mass is 10.2. The third-order valence-electron chi connectivity index (χ3n) is 2.56. The lowest BCUT2D eigenvalue weighted by Gasteiger charge is -2.27. The van der Waals surface area contributed by atoms with Crippen molar-refractivity contribution < 1.29 is 14.6 Å². The van der Waals surface area contributed by atoms with Crippen molar-refractivity contribution in [1.82, 2.24) is 4.90 Å². The topological polar surface area (TPSA) is 49.8 Å². The Labute approximate surface area is 98.6 Å². The van der Waals surface area contributed by atoms with Crippen molar-refractivity contribution in [2.45, 2.75) is 52.7 Å². The molecular weight excluding hydrogens is 206 g/mol. The summed E-state index contributed by atoms with van der Waals surface area (Å²) in [4.78, 5) is 13.2. The van der Waals surface area contributed by atoms with E-state index in [0.29, 0.717) is 19.1 Å². The first-order chi connectivity index (χ1) is 7.52. The molecule has 1 unspecified atom stereocenters. The SMILES string of the molecule is CCCN(CCC(OCC)C(=O)O)C(C)C. The summed E-state index contributed by atoms with van der Waals surface area (Å²) in [6.45, 7) is 10.5. The number of hydrogen-bond donors (Lipinski definition) is 1. The lowest BCUT2D eigenvalue weighted by Crippen LogP contribution is -2.36. The minimum absolute atomic E-state index is 0.451. The molecule has 1 atom stereocenters. The summed E-state index contributed by atoms with van der Waals surface area (Å²) in [5.41, 5.74) is 0. The zero-order valence-electron chi connectivity index (χ0n) is 10.9. The summed E-state index contributed by atoms with van der Waals surface area (Å²) in [6.07, 6.45) is 0.981. The van der Waals surface area contributed by atoms with Gasteiger partial charge in [-0.1, -0.05) is 6.92 Å². The van der Waals surface area contributed by atoms with E-state index in [2.05, 4.69) is 25.7 Å². The first kappa shape index (κ1) is 15.4. The summed E-state index contributed by atoms with van der Waals surface area (Å²) >= 11 is 0. The predicted octanol–water partition coefficient (Wildman–Crippen LogP) is 1.99. The quantitative estimate of drug-likeness (QED) is 0.659. The molecular formula is C12H25NO3. The minimum Gasteiger partial charge on any atom is -0.479 e. The van der Waals surface area contributed by atoms with Gasteiger partial charge in [0.1, 0.15) is 0 Å². The summed E-state index contributed by atoms with van der Waals surface area (Å²) in [5, 5.41) is 8.94. The highest BCUT2D eigenvalue weighted by atomic mass is 16.5. The maximum Gasteiger partial charge on any atom is 0.332 e. The Morgan fingerprint density at radius 1 is 1.31 bits per heavy atom. The lowest BCUT2D eigenvalue weighted by molar-refractivity contribution is -0.150. The van der Waals surface area contributed by atoms with Gasteiger partial charge >= 0.3 is 5.97 Å². The van der Waals surface area contributed by atoms with Gasteiger partial charge in [0.15, 0.2) is 6.10 Å². The Balaban J connectivity index is 4.09. The first-order valence-electron chi connectivity index (χ1n) is 6.11. The Kier molecular flexibility index (Phi) is 8.21. The monoisotopic (exact) mass is 231 g/mol. The van der Waals surface area contributed by atoms with E-state index in [0.717, 1.165) is 19.5 Å². The number of nitrogens with zero attached hydrogens (tertiary/aromatic N) is 1. The van der Waals surface area contributed by atoms with Crippen LogP contribution in [-0.4, -0.2) is 47.8 Å². The maximum atomic E-state index is 10.9. The van der Waals surface area contributed by atoms with Gasteiger partial charge in [0.25, 0.3) is 0 Å². The molecule has 0 rings (SSSR count). The number of carboxylic acids is 1. The van der Waals surface area contributed by atoms with Gasteiger partial charge in [-0.05, 0) is 40.2 Å². The maximum absolute atomic E-state index is 10.9. The van der Waals surface area contributed by atoms with Crippen LogP contribution in [0.2, 0.25) is 0 Å². The number of hydrogen-bond acceptors (Lipinski definition) is 3. The van der Waals surface area contributed by atoms with Crippen LogP contribution in [0.3, 0.4) is 0 Å². The summed E-state index contributed by atoms with van der Waals surface area (Å²) in [7, 11) is 0. The molecule has 0 saturated heterocycles. The number of rotatable bonds is 9. The number of ether oxygens (including phenoxy) is 1. The van der Waals surface area contributed by atoms with E-state index in [9.17, 15) is 4.79 Å². The van der Waals surface area contributed by atoms with Crippen molar-refractivity contribution >= 4 is 5.97 Å². The smallest absolute Gasteiger partial charge is 0.332 e. The number of carbonyl (C=O) groups is 1. The van der Waals surface area contributed by atoms with E-state index in [1.807, 2.05) is 6.92 Å². The van der Waals surface area contributed by atoms with Crippen LogP contribution in [0.25, 0.3) is 0 Å². The number of aliphatic carboxylic acids is 1. The molecule has 0 fully saturated rings. The molecule has 4 nitrogen and oxygen atoms in total. The largest absolute Gasteiger partial charge is 0.479 e. The predicted molar refractivity (Wildman–Crippen MR) is 64.7 cm³/mol. The molecule has 0 spiro atoms. The van der Waals surface area contributed by atoms with E-state index >= 15 is 0 Å². The van der Waals surface area contributed by atoms with Gasteiger partial charge < -0.3 is 14.7 Å². The molecule has 0 heterocycles. The Morgan fingerprint density at radius 3 is 2.31 bits per heavy atom. The zero-order chi connectivity index (χ0) is 12.6. The molecule has 96 valence electrons. The highest BCUT2D eigenvalue weighted by Crippen LogP contribution is 2.06. The van der Waals surface area contributed by atoms with Gasteiger partial charge in [-0.15, -0.1) is 0 Å². The molecule has 0 radical (unpaired) electrons. The van der Waals surface area contributed by atoms with Crippen molar-refractivity contribution in [1.29, 1.82) is 0 Å². The third kappa shape index (κ3) is 6.08. The second-order valence-corrected chi connectivity index (χ2v) is 4.20. The second-order valence-electron chi connectivity index (χ2n) is 4.20. The van der Waals surface area contributed by atoms with Crippen molar-refractivity contribution in [3.8, 4) is 0 Å². The van der Waals surface area contributed by atoms with Gasteiger partial charge in [-0.2, -0.15) is 0 Å². The first-order valence-corrected chi connectivity index (χ1v) is 6.11.